The highest BCUT2D eigenvalue weighted by Crippen LogP contribution is 2.27. The summed E-state index contributed by atoms with van der Waals surface area (Å²) in [5.41, 5.74) is 0.344. The lowest BCUT2D eigenvalue weighted by Crippen LogP contribution is -2.52. The third-order valence-electron chi connectivity index (χ3n) is 3.91. The van der Waals surface area contributed by atoms with Gasteiger partial charge in [0, 0.05) is 32.7 Å². The number of guanidine groups is 1. The predicted octanol–water partition coefficient (Wildman–Crippen LogP) is 2.44. The molecule has 0 saturated carbocycles. The molecule has 152 valence electrons. The quantitative estimate of drug-likeness (QED) is 0.292. The highest BCUT2D eigenvalue weighted by molar-refractivity contribution is 14.0. The zero-order valence-corrected chi connectivity index (χ0v) is 18.9. The molecule has 1 aliphatic rings. The van der Waals surface area contributed by atoms with Gasteiger partial charge in [0.05, 0.1) is 5.69 Å². The lowest BCUT2D eigenvalue weighted by Gasteiger charge is -2.37. The molecule has 27 heavy (non-hydrogen) atoms. The number of phenols is 1. The van der Waals surface area contributed by atoms with Gasteiger partial charge in [-0.15, -0.1) is 24.0 Å². The van der Waals surface area contributed by atoms with Crippen LogP contribution in [0.3, 0.4) is 0 Å². The van der Waals surface area contributed by atoms with Crippen molar-refractivity contribution in [3.8, 4) is 5.75 Å². The van der Waals surface area contributed by atoms with Gasteiger partial charge in [0.15, 0.2) is 5.96 Å². The Kier molecular flexibility index (Phi) is 9.14. The van der Waals surface area contributed by atoms with Gasteiger partial charge in [-0.25, -0.2) is 4.99 Å². The van der Waals surface area contributed by atoms with Crippen LogP contribution in [0.2, 0.25) is 0 Å². The molecule has 0 aromatic heterocycles. The van der Waals surface area contributed by atoms with Gasteiger partial charge in [0.25, 0.3) is 0 Å². The minimum atomic E-state index is -0.506. The largest absolute Gasteiger partial charge is 0.506 e. The maximum Gasteiger partial charge on any atom is 0.328 e. The van der Waals surface area contributed by atoms with E-state index in [1.807, 2.05) is 45.9 Å². The summed E-state index contributed by atoms with van der Waals surface area (Å²) in [5, 5.41) is 13.3. The molecule has 0 amide bonds. The van der Waals surface area contributed by atoms with Crippen LogP contribution in [0.15, 0.2) is 29.3 Å². The van der Waals surface area contributed by atoms with Crippen LogP contribution in [0.1, 0.15) is 27.7 Å². The van der Waals surface area contributed by atoms with Crippen molar-refractivity contribution < 1.29 is 14.6 Å². The Morgan fingerprint density at radius 1 is 1.22 bits per heavy atom. The van der Waals surface area contributed by atoms with Gasteiger partial charge in [-0.3, -0.25) is 4.79 Å². The van der Waals surface area contributed by atoms with E-state index in [1.54, 1.807) is 6.07 Å². The normalized spacial score (nSPS) is 15.2. The van der Waals surface area contributed by atoms with E-state index in [4.69, 9.17) is 4.74 Å². The Morgan fingerprint density at radius 2 is 1.85 bits per heavy atom. The van der Waals surface area contributed by atoms with E-state index in [9.17, 15) is 9.90 Å². The number of hydrogen-bond donors (Lipinski definition) is 2. The number of anilines is 1. The van der Waals surface area contributed by atoms with Gasteiger partial charge in [-0.2, -0.15) is 0 Å². The molecule has 2 rings (SSSR count). The van der Waals surface area contributed by atoms with E-state index in [0.717, 1.165) is 44.4 Å². The molecular weight excluding hydrogens is 459 g/mol. The Hall–Kier alpha value is -1.71. The molecule has 0 spiro atoms. The van der Waals surface area contributed by atoms with E-state index in [2.05, 4.69) is 20.1 Å². The van der Waals surface area contributed by atoms with Crippen LogP contribution < -0.4 is 10.2 Å². The van der Waals surface area contributed by atoms with E-state index < -0.39 is 5.60 Å². The topological polar surface area (TPSA) is 77.4 Å². The zero-order valence-electron chi connectivity index (χ0n) is 16.6. The van der Waals surface area contributed by atoms with Gasteiger partial charge in [0.2, 0.25) is 0 Å². The number of aliphatic imine (C=N–C) groups is 1. The molecular formula is C19H31IN4O3. The average Bonchev–Trinajstić information content (AvgIpc) is 2.58. The molecule has 0 radical (unpaired) electrons. The van der Waals surface area contributed by atoms with Crippen molar-refractivity contribution >= 4 is 41.6 Å². The third kappa shape index (κ3) is 7.43. The summed E-state index contributed by atoms with van der Waals surface area (Å²) in [6, 6.07) is 7.37. The maximum absolute atomic E-state index is 11.9. The second kappa shape index (κ2) is 10.6. The lowest BCUT2D eigenvalue weighted by atomic mass is 10.2. The molecule has 0 aliphatic carbocycles. The van der Waals surface area contributed by atoms with Crippen LogP contribution in [0.4, 0.5) is 5.69 Å². The van der Waals surface area contributed by atoms with Gasteiger partial charge >= 0.3 is 5.97 Å². The molecule has 2 N–H and O–H groups in total. The van der Waals surface area contributed by atoms with Crippen molar-refractivity contribution in [2.75, 3.05) is 44.2 Å². The number of rotatable bonds is 4. The summed E-state index contributed by atoms with van der Waals surface area (Å²) >= 11 is 0. The first-order valence-corrected chi connectivity index (χ1v) is 9.08. The van der Waals surface area contributed by atoms with Crippen LogP contribution in [-0.2, 0) is 9.53 Å². The first-order valence-electron chi connectivity index (χ1n) is 9.08. The third-order valence-corrected chi connectivity index (χ3v) is 3.91. The fourth-order valence-electron chi connectivity index (χ4n) is 2.83. The van der Waals surface area contributed by atoms with Crippen LogP contribution in [-0.4, -0.2) is 66.8 Å². The second-order valence-corrected chi connectivity index (χ2v) is 7.22. The van der Waals surface area contributed by atoms with Crippen LogP contribution in [0, 0.1) is 0 Å². The number of ether oxygens (including phenoxy) is 1. The van der Waals surface area contributed by atoms with Crippen LogP contribution >= 0.6 is 24.0 Å². The van der Waals surface area contributed by atoms with E-state index in [-0.39, 0.29) is 36.5 Å². The maximum atomic E-state index is 11.9. The SMILES string of the molecule is CCNC(=NCC(=O)OC(C)(C)C)N1CCN(c2ccccc2O)CC1.I. The highest BCUT2D eigenvalue weighted by Gasteiger charge is 2.22. The van der Waals surface area contributed by atoms with Crippen molar-refractivity contribution in [2.24, 2.45) is 4.99 Å². The first kappa shape index (κ1) is 23.3. The number of carbonyl (C=O) groups excluding carboxylic acids is 1. The molecule has 0 bridgehead atoms. The number of piperazine rings is 1. The van der Waals surface area contributed by atoms with E-state index in [0.29, 0.717) is 5.75 Å². The molecule has 1 aromatic rings. The summed E-state index contributed by atoms with van der Waals surface area (Å²) < 4.78 is 5.31. The Bertz CT molecular complexity index is 638. The van der Waals surface area contributed by atoms with Crippen LogP contribution in [0.25, 0.3) is 0 Å². The molecule has 8 heteroatoms. The number of nitrogens with zero attached hydrogens (tertiary/aromatic N) is 3. The van der Waals surface area contributed by atoms with Crippen molar-refractivity contribution in [1.29, 1.82) is 0 Å². The van der Waals surface area contributed by atoms with Crippen molar-refractivity contribution in [1.82, 2.24) is 10.2 Å². The molecule has 1 aromatic carbocycles. The van der Waals surface area contributed by atoms with Crippen molar-refractivity contribution in [3.05, 3.63) is 24.3 Å². The van der Waals surface area contributed by atoms with E-state index in [1.165, 1.54) is 0 Å². The first-order chi connectivity index (χ1) is 12.3. The minimum absolute atomic E-state index is 0. The fourth-order valence-corrected chi connectivity index (χ4v) is 2.83. The summed E-state index contributed by atoms with van der Waals surface area (Å²) in [4.78, 5) is 20.6. The fraction of sp³-hybridized carbons (Fsp3) is 0.579. The molecule has 1 aliphatic heterocycles. The second-order valence-electron chi connectivity index (χ2n) is 7.22. The number of para-hydroxylation sites is 2. The van der Waals surface area contributed by atoms with Crippen LogP contribution in [0.5, 0.6) is 5.75 Å². The van der Waals surface area contributed by atoms with Gasteiger partial charge in [-0.1, -0.05) is 12.1 Å². The van der Waals surface area contributed by atoms with Gasteiger partial charge in [0.1, 0.15) is 17.9 Å². The molecule has 7 nitrogen and oxygen atoms in total. The number of phenolic OH excluding ortho intramolecular Hbond substituents is 1. The number of esters is 1. The molecule has 0 atom stereocenters. The van der Waals surface area contributed by atoms with Crippen molar-refractivity contribution in [3.63, 3.8) is 0 Å². The van der Waals surface area contributed by atoms with Gasteiger partial charge in [-0.05, 0) is 39.8 Å². The van der Waals surface area contributed by atoms with Gasteiger partial charge < -0.3 is 25.0 Å². The minimum Gasteiger partial charge on any atom is -0.506 e. The number of hydrogen-bond acceptors (Lipinski definition) is 5. The molecule has 1 heterocycles. The Balaban J connectivity index is 0.00000364. The Labute approximate surface area is 178 Å². The summed E-state index contributed by atoms with van der Waals surface area (Å²) in [7, 11) is 0. The summed E-state index contributed by atoms with van der Waals surface area (Å²) in [6.07, 6.45) is 0. The summed E-state index contributed by atoms with van der Waals surface area (Å²) in [5.74, 6) is 0.683. The summed E-state index contributed by atoms with van der Waals surface area (Å²) in [6.45, 7) is 11.3. The highest BCUT2D eigenvalue weighted by atomic mass is 127. The smallest absolute Gasteiger partial charge is 0.328 e. The Morgan fingerprint density at radius 3 is 2.41 bits per heavy atom. The lowest BCUT2D eigenvalue weighted by molar-refractivity contribution is -0.152. The monoisotopic (exact) mass is 490 g/mol. The number of benzene rings is 1. The molecule has 1 saturated heterocycles. The molecule has 1 fully saturated rings. The number of halogens is 1. The number of nitrogens with one attached hydrogen (secondary N) is 1. The number of aromatic hydroxyl groups is 1. The standard InChI is InChI=1S/C19H30N4O3.HI/c1-5-20-18(21-14-17(25)26-19(2,3)4)23-12-10-22(11-13-23)15-8-6-7-9-16(15)24;/h6-9,24H,5,10-14H2,1-4H3,(H,20,21);1H. The van der Waals surface area contributed by atoms with Crippen molar-refractivity contribution in [2.45, 2.75) is 33.3 Å². The average molecular weight is 490 g/mol. The predicted molar refractivity (Wildman–Crippen MR) is 119 cm³/mol. The zero-order chi connectivity index (χ0) is 19.2. The molecule has 0 unspecified atom stereocenters. The van der Waals surface area contributed by atoms with E-state index >= 15 is 0 Å². The number of carbonyl (C=O) groups is 1.